The molecule has 1 rings (SSSR count). The Morgan fingerprint density at radius 1 is 1.58 bits per heavy atom. The first-order chi connectivity index (χ1) is 5.84. The maximum atomic E-state index is 8.25. The minimum atomic E-state index is 0.272. The van der Waals surface area contributed by atoms with Gasteiger partial charge in [0.25, 0.3) is 0 Å². The minimum Gasteiger partial charge on any atom is -0.260 e. The molecule has 0 bridgehead atoms. The summed E-state index contributed by atoms with van der Waals surface area (Å²) in [6, 6.07) is 5.70. The molecule has 0 radical (unpaired) electrons. The average molecular weight is 156 g/mol. The van der Waals surface area contributed by atoms with Crippen molar-refractivity contribution < 1.29 is 0 Å². The van der Waals surface area contributed by atoms with Gasteiger partial charge in [-0.25, -0.2) is 0 Å². The number of aryl methyl sites for hydroxylation is 1. The smallest absolute Gasteiger partial charge is 0.0966 e. The summed E-state index contributed by atoms with van der Waals surface area (Å²) in [5, 5.41) is 8.25. The molecule has 0 amide bonds. The van der Waals surface area contributed by atoms with Crippen molar-refractivity contribution in [2.45, 2.75) is 13.3 Å². The molecule has 12 heavy (non-hydrogen) atoms. The molecule has 0 aliphatic heterocycles. The lowest BCUT2D eigenvalue weighted by Gasteiger charge is -1.92. The first kappa shape index (κ1) is 8.30. The first-order valence-corrected chi connectivity index (χ1v) is 3.62. The second kappa shape index (κ2) is 4.16. The van der Waals surface area contributed by atoms with E-state index in [1.165, 1.54) is 0 Å². The lowest BCUT2D eigenvalue weighted by molar-refractivity contribution is 1.19. The predicted octanol–water partition coefficient (Wildman–Crippen LogP) is 1.66. The standard InChI is InChI=1S/C10H8N2/c1-9-10(5-2-3-7-11)6-4-8-12-9/h4,6,8H,3H2,1H3. The Morgan fingerprint density at radius 2 is 2.42 bits per heavy atom. The average Bonchev–Trinajstić information content (AvgIpc) is 2.09. The molecular weight excluding hydrogens is 148 g/mol. The normalized spacial score (nSPS) is 8.00. The van der Waals surface area contributed by atoms with Crippen molar-refractivity contribution in [3.63, 3.8) is 0 Å². The van der Waals surface area contributed by atoms with Gasteiger partial charge in [-0.3, -0.25) is 4.98 Å². The third kappa shape index (κ3) is 2.11. The zero-order chi connectivity index (χ0) is 8.81. The summed E-state index contributed by atoms with van der Waals surface area (Å²) < 4.78 is 0. The van der Waals surface area contributed by atoms with Gasteiger partial charge in [-0.2, -0.15) is 5.26 Å². The second-order valence-corrected chi connectivity index (χ2v) is 2.27. The molecule has 1 aromatic rings. The Balaban J connectivity index is 2.86. The van der Waals surface area contributed by atoms with Crippen LogP contribution in [0.25, 0.3) is 0 Å². The molecule has 0 saturated heterocycles. The highest BCUT2D eigenvalue weighted by Gasteiger charge is 1.90. The summed E-state index contributed by atoms with van der Waals surface area (Å²) in [6.45, 7) is 1.90. The molecule has 1 aromatic heterocycles. The number of nitriles is 1. The van der Waals surface area contributed by atoms with Gasteiger partial charge in [-0.1, -0.05) is 11.8 Å². The Kier molecular flexibility index (Phi) is 2.87. The van der Waals surface area contributed by atoms with E-state index in [0.717, 1.165) is 11.3 Å². The van der Waals surface area contributed by atoms with Crippen LogP contribution >= 0.6 is 0 Å². The second-order valence-electron chi connectivity index (χ2n) is 2.27. The number of rotatable bonds is 0. The molecule has 0 aliphatic carbocycles. The third-order valence-corrected chi connectivity index (χ3v) is 1.40. The lowest BCUT2D eigenvalue weighted by atomic mass is 10.2. The summed E-state index contributed by atoms with van der Waals surface area (Å²) in [4.78, 5) is 4.07. The number of nitrogens with zero attached hydrogens (tertiary/aromatic N) is 2. The van der Waals surface area contributed by atoms with Gasteiger partial charge in [0.2, 0.25) is 0 Å². The molecule has 0 atom stereocenters. The van der Waals surface area contributed by atoms with Crippen LogP contribution in [-0.4, -0.2) is 4.98 Å². The molecule has 2 nitrogen and oxygen atoms in total. The van der Waals surface area contributed by atoms with Crippen LogP contribution in [0.3, 0.4) is 0 Å². The van der Waals surface area contributed by atoms with Gasteiger partial charge in [-0.05, 0) is 19.1 Å². The van der Waals surface area contributed by atoms with Crippen LogP contribution in [0.4, 0.5) is 0 Å². The summed E-state index contributed by atoms with van der Waals surface area (Å²) >= 11 is 0. The van der Waals surface area contributed by atoms with Crippen molar-refractivity contribution in [2.75, 3.05) is 0 Å². The maximum absolute atomic E-state index is 8.25. The SMILES string of the molecule is Cc1ncccc1C#CCC#N. The van der Waals surface area contributed by atoms with E-state index in [9.17, 15) is 0 Å². The van der Waals surface area contributed by atoms with Crippen LogP contribution in [0.5, 0.6) is 0 Å². The Bertz CT molecular complexity index is 363. The van der Waals surface area contributed by atoms with E-state index < -0.39 is 0 Å². The van der Waals surface area contributed by atoms with E-state index >= 15 is 0 Å². The number of hydrogen-bond donors (Lipinski definition) is 0. The lowest BCUT2D eigenvalue weighted by Crippen LogP contribution is -1.84. The largest absolute Gasteiger partial charge is 0.260 e. The minimum absolute atomic E-state index is 0.272. The molecule has 0 unspecified atom stereocenters. The first-order valence-electron chi connectivity index (χ1n) is 3.62. The highest BCUT2D eigenvalue weighted by atomic mass is 14.7. The molecule has 58 valence electrons. The topological polar surface area (TPSA) is 36.7 Å². The molecular formula is C10H8N2. The Hall–Kier alpha value is -1.80. The third-order valence-electron chi connectivity index (χ3n) is 1.40. The van der Waals surface area contributed by atoms with E-state index in [1.54, 1.807) is 6.20 Å². The van der Waals surface area contributed by atoms with Gasteiger partial charge in [0.15, 0.2) is 0 Å². The molecule has 0 aliphatic rings. The van der Waals surface area contributed by atoms with Crippen molar-refractivity contribution in [3.05, 3.63) is 29.6 Å². The molecule has 1 heterocycles. The quantitative estimate of drug-likeness (QED) is 0.535. The van der Waals surface area contributed by atoms with E-state index in [1.807, 2.05) is 25.1 Å². The summed E-state index contributed by atoms with van der Waals surface area (Å²) in [7, 11) is 0. The monoisotopic (exact) mass is 156 g/mol. The predicted molar refractivity (Wildman–Crippen MR) is 46.1 cm³/mol. The molecule has 0 aromatic carbocycles. The maximum Gasteiger partial charge on any atom is 0.0966 e. The van der Waals surface area contributed by atoms with Crippen molar-refractivity contribution in [2.24, 2.45) is 0 Å². The molecule has 0 N–H and O–H groups in total. The number of aromatic nitrogens is 1. The summed E-state index contributed by atoms with van der Waals surface area (Å²) in [5.41, 5.74) is 1.80. The number of pyridine rings is 1. The van der Waals surface area contributed by atoms with Gasteiger partial charge in [0.1, 0.15) is 0 Å². The van der Waals surface area contributed by atoms with Crippen molar-refractivity contribution in [1.82, 2.24) is 4.98 Å². The summed E-state index contributed by atoms with van der Waals surface area (Å²) in [6.07, 6.45) is 2.00. The van der Waals surface area contributed by atoms with E-state index in [2.05, 4.69) is 16.8 Å². The van der Waals surface area contributed by atoms with E-state index in [0.29, 0.717) is 0 Å². The summed E-state index contributed by atoms with van der Waals surface area (Å²) in [5.74, 6) is 5.62. The fourth-order valence-electron chi connectivity index (χ4n) is 0.795. The highest BCUT2D eigenvalue weighted by Crippen LogP contribution is 2.00. The van der Waals surface area contributed by atoms with Crippen molar-refractivity contribution >= 4 is 0 Å². The van der Waals surface area contributed by atoms with Gasteiger partial charge in [-0.15, -0.1) is 0 Å². The van der Waals surface area contributed by atoms with Crippen molar-refractivity contribution in [3.8, 4) is 17.9 Å². The van der Waals surface area contributed by atoms with E-state index in [4.69, 9.17) is 5.26 Å². The van der Waals surface area contributed by atoms with Gasteiger partial charge in [0, 0.05) is 11.8 Å². The molecule has 0 fully saturated rings. The zero-order valence-electron chi connectivity index (χ0n) is 6.83. The van der Waals surface area contributed by atoms with Crippen LogP contribution in [0.1, 0.15) is 17.7 Å². The van der Waals surface area contributed by atoms with Gasteiger partial charge >= 0.3 is 0 Å². The zero-order valence-corrected chi connectivity index (χ0v) is 6.83. The van der Waals surface area contributed by atoms with Crippen LogP contribution in [0, 0.1) is 30.1 Å². The van der Waals surface area contributed by atoms with Gasteiger partial charge < -0.3 is 0 Å². The molecule has 0 spiro atoms. The molecule has 0 saturated carbocycles. The van der Waals surface area contributed by atoms with Crippen LogP contribution < -0.4 is 0 Å². The fraction of sp³-hybridized carbons (Fsp3) is 0.200. The fourth-order valence-corrected chi connectivity index (χ4v) is 0.795. The Morgan fingerprint density at radius 3 is 3.08 bits per heavy atom. The number of hydrogen-bond acceptors (Lipinski definition) is 2. The highest BCUT2D eigenvalue weighted by molar-refractivity contribution is 5.37. The van der Waals surface area contributed by atoms with Crippen molar-refractivity contribution in [1.29, 1.82) is 5.26 Å². The Labute approximate surface area is 71.9 Å². The molecule has 2 heteroatoms. The van der Waals surface area contributed by atoms with Gasteiger partial charge in [0.05, 0.1) is 18.2 Å². The van der Waals surface area contributed by atoms with Crippen LogP contribution in [0.2, 0.25) is 0 Å². The van der Waals surface area contributed by atoms with Crippen LogP contribution in [0.15, 0.2) is 18.3 Å². The van der Waals surface area contributed by atoms with Crippen LogP contribution in [-0.2, 0) is 0 Å². The van der Waals surface area contributed by atoms with E-state index in [-0.39, 0.29) is 6.42 Å².